The van der Waals surface area contributed by atoms with Crippen molar-refractivity contribution in [3.05, 3.63) is 18.2 Å². The molecule has 0 aliphatic heterocycles. The number of nitrogens with zero attached hydrogens (tertiary/aromatic N) is 1. The Bertz CT molecular complexity index is 467. The van der Waals surface area contributed by atoms with Crippen molar-refractivity contribution >= 4 is 5.78 Å². The highest BCUT2D eigenvalue weighted by Gasteiger charge is 2.17. The fourth-order valence-electron chi connectivity index (χ4n) is 2.53. The van der Waals surface area contributed by atoms with Gasteiger partial charge in [-0.25, -0.2) is 0 Å². The third-order valence-electron chi connectivity index (χ3n) is 4.17. The Kier molecular flexibility index (Phi) is 9.61. The molecule has 2 rings (SSSR count). The lowest BCUT2D eigenvalue weighted by Gasteiger charge is -2.16. The van der Waals surface area contributed by atoms with Gasteiger partial charge in [0.2, 0.25) is 0 Å². The predicted octanol–water partition coefficient (Wildman–Crippen LogP) is 4.93. The monoisotopic (exact) mass is 319 g/mol. The van der Waals surface area contributed by atoms with Crippen LogP contribution in [-0.2, 0) is 4.79 Å². The molecule has 0 atom stereocenters. The minimum Gasteiger partial charge on any atom is -0.493 e. The second-order valence-electron chi connectivity index (χ2n) is 5.92. The molecule has 0 saturated heterocycles. The van der Waals surface area contributed by atoms with E-state index in [-0.39, 0.29) is 0 Å². The molecule has 0 saturated carbocycles. The number of carbonyl (C=O) groups excluding carboxylic acids is 1. The summed E-state index contributed by atoms with van der Waals surface area (Å²) < 4.78 is 5.30. The predicted molar refractivity (Wildman–Crippen MR) is 98.2 cm³/mol. The number of hydrogen-bond donors (Lipinski definition) is 0. The average molecular weight is 319 g/mol. The van der Waals surface area contributed by atoms with Crippen LogP contribution in [0.15, 0.2) is 18.2 Å². The first-order chi connectivity index (χ1) is 11.2. The Hall–Kier alpha value is -1.35. The molecule has 23 heavy (non-hydrogen) atoms. The summed E-state index contributed by atoms with van der Waals surface area (Å²) in [6, 6.07) is 6.24. The zero-order valence-corrected chi connectivity index (χ0v) is 15.4. The highest BCUT2D eigenvalue weighted by molar-refractivity contribution is 5.87. The van der Waals surface area contributed by atoms with Gasteiger partial charge in [0.05, 0.1) is 6.61 Å². The van der Waals surface area contributed by atoms with Crippen LogP contribution in [0.2, 0.25) is 0 Å². The van der Waals surface area contributed by atoms with Crippen molar-refractivity contribution in [3.8, 4) is 16.9 Å². The van der Waals surface area contributed by atoms with Gasteiger partial charge in [0.15, 0.2) is 0 Å². The standard InChI is InChI=1S/C12H25NO.C8H8O/c1-4-7-8-9-12(14)10-11-13(5-2)6-3;1-2-9-8-4-3-6-5-7(6)8/h4-11H2,1-3H3;3-5H,2H2,1H3. The molecular formula is C20H33NO2. The van der Waals surface area contributed by atoms with E-state index in [1.165, 1.54) is 24.0 Å². The molecule has 2 aliphatic rings. The molecule has 0 aromatic carbocycles. The summed E-state index contributed by atoms with van der Waals surface area (Å²) in [5.74, 6) is 1.48. The van der Waals surface area contributed by atoms with Gasteiger partial charge < -0.3 is 9.64 Å². The number of ketones is 1. The van der Waals surface area contributed by atoms with E-state index in [1.54, 1.807) is 0 Å². The molecule has 0 radical (unpaired) electrons. The van der Waals surface area contributed by atoms with Crippen molar-refractivity contribution in [2.24, 2.45) is 0 Å². The third kappa shape index (κ3) is 7.65. The topological polar surface area (TPSA) is 29.5 Å². The molecule has 3 nitrogen and oxygen atoms in total. The maximum absolute atomic E-state index is 11.4. The van der Waals surface area contributed by atoms with Gasteiger partial charge in [0.25, 0.3) is 0 Å². The number of unbranched alkanes of at least 4 members (excludes halogenated alkanes) is 2. The molecule has 3 heteroatoms. The van der Waals surface area contributed by atoms with E-state index in [9.17, 15) is 4.79 Å². The summed E-state index contributed by atoms with van der Waals surface area (Å²) >= 11 is 0. The molecule has 0 aromatic heterocycles. The van der Waals surface area contributed by atoms with Crippen LogP contribution in [0.25, 0.3) is 11.1 Å². The van der Waals surface area contributed by atoms with Gasteiger partial charge in [0.1, 0.15) is 11.5 Å². The third-order valence-corrected chi connectivity index (χ3v) is 4.17. The van der Waals surface area contributed by atoms with Crippen LogP contribution in [0.1, 0.15) is 59.8 Å². The maximum Gasteiger partial charge on any atom is 0.134 e. The molecule has 0 unspecified atom stereocenters. The summed E-state index contributed by atoms with van der Waals surface area (Å²) in [7, 11) is 0. The van der Waals surface area contributed by atoms with Gasteiger partial charge in [-0.3, -0.25) is 4.79 Å². The molecule has 0 amide bonds. The minimum absolute atomic E-state index is 0.436. The zero-order valence-electron chi connectivity index (χ0n) is 15.4. The number of benzene rings is 1. The largest absolute Gasteiger partial charge is 0.493 e. The second kappa shape index (κ2) is 11.2. The van der Waals surface area contributed by atoms with Gasteiger partial charge >= 0.3 is 0 Å². The highest BCUT2D eigenvalue weighted by Crippen LogP contribution is 2.43. The van der Waals surface area contributed by atoms with Gasteiger partial charge in [0, 0.05) is 24.9 Å². The Balaban J connectivity index is 0.000000248. The Labute approximate surface area is 142 Å². The number of rotatable bonds is 11. The molecule has 0 aromatic rings. The van der Waals surface area contributed by atoms with Crippen LogP contribution in [-0.4, -0.2) is 36.9 Å². The number of ether oxygens (including phenoxy) is 1. The molecule has 0 fully saturated rings. The van der Waals surface area contributed by atoms with Gasteiger partial charge in [-0.15, -0.1) is 0 Å². The van der Waals surface area contributed by atoms with E-state index in [0.717, 1.165) is 51.3 Å². The number of carbonyl (C=O) groups is 1. The van der Waals surface area contributed by atoms with E-state index in [4.69, 9.17) is 4.74 Å². The van der Waals surface area contributed by atoms with Gasteiger partial charge in [-0.05, 0) is 44.1 Å². The Morgan fingerprint density at radius 3 is 2.26 bits per heavy atom. The lowest BCUT2D eigenvalue weighted by Crippen LogP contribution is -2.25. The van der Waals surface area contributed by atoms with Crippen LogP contribution in [0.4, 0.5) is 0 Å². The first-order valence-corrected chi connectivity index (χ1v) is 9.17. The molecule has 0 N–H and O–H groups in total. The van der Waals surface area contributed by atoms with Gasteiger partial charge in [-0.1, -0.05) is 39.7 Å². The number of Topliss-reactive ketones (excluding diaryl/α,β-unsaturated/α-hetero) is 1. The Morgan fingerprint density at radius 1 is 1.04 bits per heavy atom. The fourth-order valence-corrected chi connectivity index (χ4v) is 2.53. The molecule has 0 spiro atoms. The van der Waals surface area contributed by atoms with Crippen molar-refractivity contribution in [2.75, 3.05) is 26.2 Å². The molecule has 130 valence electrons. The fraction of sp³-hybridized carbons (Fsp3) is 0.650. The maximum atomic E-state index is 11.4. The second-order valence-corrected chi connectivity index (χ2v) is 5.92. The SMILES string of the molecule is CCCCCC(=O)CCN(CC)CC.CCOc1ccc2cc1-2. The normalized spacial score (nSPS) is 11.0. The summed E-state index contributed by atoms with van der Waals surface area (Å²) in [5, 5.41) is 0. The Morgan fingerprint density at radius 2 is 1.78 bits per heavy atom. The lowest BCUT2D eigenvalue weighted by atomic mass is 10.1. The van der Waals surface area contributed by atoms with Crippen LogP contribution >= 0.6 is 0 Å². The van der Waals surface area contributed by atoms with Crippen LogP contribution < -0.4 is 4.74 Å². The average Bonchev–Trinajstić information content (AvgIpc) is 3.24. The van der Waals surface area contributed by atoms with Crippen LogP contribution in [0.3, 0.4) is 0 Å². The molecule has 2 aliphatic carbocycles. The lowest BCUT2D eigenvalue weighted by molar-refractivity contribution is -0.119. The summed E-state index contributed by atoms with van der Waals surface area (Å²) in [5.41, 5.74) is 2.65. The smallest absolute Gasteiger partial charge is 0.134 e. The van der Waals surface area contributed by atoms with Crippen molar-refractivity contribution in [3.63, 3.8) is 0 Å². The van der Waals surface area contributed by atoms with Crippen LogP contribution in [0, 0.1) is 0 Å². The van der Waals surface area contributed by atoms with E-state index < -0.39 is 0 Å². The highest BCUT2D eigenvalue weighted by atomic mass is 16.5. The van der Waals surface area contributed by atoms with Gasteiger partial charge in [-0.2, -0.15) is 0 Å². The quantitative estimate of drug-likeness (QED) is 0.550. The van der Waals surface area contributed by atoms with E-state index in [2.05, 4.69) is 37.8 Å². The van der Waals surface area contributed by atoms with Crippen molar-refractivity contribution in [1.29, 1.82) is 0 Å². The molecule has 0 bridgehead atoms. The van der Waals surface area contributed by atoms with E-state index >= 15 is 0 Å². The van der Waals surface area contributed by atoms with Crippen LogP contribution in [0.5, 0.6) is 5.75 Å². The number of fused-ring (bicyclic) bond motifs is 1. The number of hydrogen-bond acceptors (Lipinski definition) is 3. The van der Waals surface area contributed by atoms with E-state index in [0.29, 0.717) is 5.78 Å². The zero-order chi connectivity index (χ0) is 17.1. The summed E-state index contributed by atoms with van der Waals surface area (Å²) in [6.45, 7) is 12.3. The summed E-state index contributed by atoms with van der Waals surface area (Å²) in [6.07, 6.45) is 4.99. The molecular weight excluding hydrogens is 286 g/mol. The first-order valence-electron chi connectivity index (χ1n) is 9.17. The minimum atomic E-state index is 0.436. The molecule has 0 heterocycles. The van der Waals surface area contributed by atoms with Crippen molar-refractivity contribution in [1.82, 2.24) is 4.90 Å². The van der Waals surface area contributed by atoms with Crippen molar-refractivity contribution < 1.29 is 9.53 Å². The summed E-state index contributed by atoms with van der Waals surface area (Å²) in [4.78, 5) is 13.7. The first kappa shape index (κ1) is 19.7. The van der Waals surface area contributed by atoms with E-state index in [1.807, 2.05) is 13.0 Å². The van der Waals surface area contributed by atoms with Crippen molar-refractivity contribution in [2.45, 2.75) is 59.8 Å².